The number of quaternary nitrogens is 1. The zero-order valence-corrected chi connectivity index (χ0v) is 23.0. The molecule has 0 aromatic heterocycles. The molecular weight excluding hydrogens is 426 g/mol. The third kappa shape index (κ3) is 14.9. The summed E-state index contributed by atoms with van der Waals surface area (Å²) in [7, 11) is 0. The van der Waals surface area contributed by atoms with Gasteiger partial charge in [0.2, 0.25) is 0 Å². The minimum Gasteiger partial charge on any atom is -0.806 e. The molecule has 0 amide bonds. The second-order valence-corrected chi connectivity index (χ2v) is 11.1. The van der Waals surface area contributed by atoms with Gasteiger partial charge < -0.3 is 9.59 Å². The summed E-state index contributed by atoms with van der Waals surface area (Å²) in [4.78, 5) is 4.78. The molecule has 0 saturated carbocycles. The molecule has 0 aliphatic carbocycles. The Kier molecular flexibility index (Phi) is 19.0. The Labute approximate surface area is 210 Å². The van der Waals surface area contributed by atoms with Crippen LogP contribution in [0.5, 0.6) is 0 Å². The first-order valence-electron chi connectivity index (χ1n) is 12.7. The summed E-state index contributed by atoms with van der Waals surface area (Å²) in [5, 5.41) is 13.6. The van der Waals surface area contributed by atoms with Crippen LogP contribution in [-0.2, 0) is 0 Å². The standard InChI is InChI=1S/C28H53N3OS/c1-9-14-29(15-10-2)18-21-31(20-12-4,28(32)24-26(5)6)22-19-30(16-11-3)17-13-23-33-25-27(7)8/h9-12,26-28H,1-4,13-25H2,5-8H3. The summed E-state index contributed by atoms with van der Waals surface area (Å²) < 4.78 is 0.544. The molecule has 0 rings (SSSR count). The first-order chi connectivity index (χ1) is 15.7. The highest BCUT2D eigenvalue weighted by molar-refractivity contribution is 7.99. The predicted octanol–water partition coefficient (Wildman–Crippen LogP) is 4.66. The third-order valence-electron chi connectivity index (χ3n) is 5.88. The van der Waals surface area contributed by atoms with E-state index in [1.807, 2.05) is 36.1 Å². The zero-order valence-electron chi connectivity index (χ0n) is 22.2. The number of nitrogens with zero attached hydrogens (tertiary/aromatic N) is 3. The van der Waals surface area contributed by atoms with Crippen LogP contribution in [0.15, 0.2) is 50.6 Å². The van der Waals surface area contributed by atoms with E-state index in [4.69, 9.17) is 0 Å². The summed E-state index contributed by atoms with van der Waals surface area (Å²) >= 11 is 2.04. The lowest BCUT2D eigenvalue weighted by Gasteiger charge is -2.50. The molecular formula is C28H53N3OS. The van der Waals surface area contributed by atoms with Gasteiger partial charge in [-0.3, -0.25) is 9.80 Å². The molecule has 4 nitrogen and oxygen atoms in total. The molecule has 192 valence electrons. The van der Waals surface area contributed by atoms with Crippen LogP contribution in [0.1, 0.15) is 40.5 Å². The Balaban J connectivity index is 5.34. The number of thioether (sulfide) groups is 1. The molecule has 0 fully saturated rings. The van der Waals surface area contributed by atoms with Crippen LogP contribution in [0, 0.1) is 11.8 Å². The quantitative estimate of drug-likeness (QED) is 0.0922. The summed E-state index contributed by atoms with van der Waals surface area (Å²) in [5.41, 5.74) is 0. The van der Waals surface area contributed by atoms with Crippen LogP contribution in [0.2, 0.25) is 0 Å². The van der Waals surface area contributed by atoms with E-state index in [0.717, 1.165) is 58.3 Å². The maximum atomic E-state index is 13.6. The number of rotatable bonds is 23. The van der Waals surface area contributed by atoms with E-state index in [1.54, 1.807) is 0 Å². The van der Waals surface area contributed by atoms with Crippen LogP contribution in [0.3, 0.4) is 0 Å². The molecule has 5 heteroatoms. The maximum absolute atomic E-state index is 13.6. The van der Waals surface area contributed by atoms with Crippen molar-refractivity contribution in [1.29, 1.82) is 0 Å². The normalized spacial score (nSPS) is 14.6. The van der Waals surface area contributed by atoms with Gasteiger partial charge in [0, 0.05) is 39.0 Å². The Morgan fingerprint density at radius 3 is 1.82 bits per heavy atom. The number of hydrogen-bond donors (Lipinski definition) is 0. The monoisotopic (exact) mass is 479 g/mol. The lowest BCUT2D eigenvalue weighted by molar-refractivity contribution is -1.01. The fraction of sp³-hybridized carbons (Fsp3) is 0.714. The third-order valence-corrected chi connectivity index (χ3v) is 7.36. The molecule has 0 bridgehead atoms. The number of hydrogen-bond acceptors (Lipinski definition) is 4. The highest BCUT2D eigenvalue weighted by atomic mass is 32.2. The fourth-order valence-corrected chi connectivity index (χ4v) is 5.04. The van der Waals surface area contributed by atoms with Crippen LogP contribution in [0.25, 0.3) is 0 Å². The van der Waals surface area contributed by atoms with Crippen molar-refractivity contribution in [2.24, 2.45) is 11.8 Å². The smallest absolute Gasteiger partial charge is 0.0963 e. The Hall–Kier alpha value is -0.850. The molecule has 0 N–H and O–H groups in total. The summed E-state index contributed by atoms with van der Waals surface area (Å²) in [6.07, 6.45) is 8.99. The lowest BCUT2D eigenvalue weighted by atomic mass is 10.1. The average molecular weight is 480 g/mol. The maximum Gasteiger partial charge on any atom is 0.0963 e. The topological polar surface area (TPSA) is 29.5 Å². The molecule has 2 unspecified atom stereocenters. The molecule has 2 atom stereocenters. The van der Waals surface area contributed by atoms with Gasteiger partial charge in [-0.2, -0.15) is 11.8 Å². The Bertz CT molecular complexity index is 527. The molecule has 0 aromatic rings. The van der Waals surface area contributed by atoms with Crippen molar-refractivity contribution in [2.45, 2.75) is 46.8 Å². The van der Waals surface area contributed by atoms with Gasteiger partial charge in [0.25, 0.3) is 0 Å². The van der Waals surface area contributed by atoms with Gasteiger partial charge in [0.1, 0.15) is 0 Å². The van der Waals surface area contributed by atoms with E-state index >= 15 is 0 Å². The van der Waals surface area contributed by atoms with Gasteiger partial charge in [-0.1, -0.05) is 52.5 Å². The second kappa shape index (κ2) is 19.5. The van der Waals surface area contributed by atoms with Crippen molar-refractivity contribution < 1.29 is 9.59 Å². The minimum atomic E-state index is -0.649. The van der Waals surface area contributed by atoms with Crippen molar-refractivity contribution >= 4 is 11.8 Å². The van der Waals surface area contributed by atoms with Gasteiger partial charge in [-0.25, -0.2) is 0 Å². The highest BCUT2D eigenvalue weighted by Gasteiger charge is 2.30. The van der Waals surface area contributed by atoms with Gasteiger partial charge in [0.15, 0.2) is 0 Å². The molecule has 0 radical (unpaired) electrons. The molecule has 0 aromatic carbocycles. The first-order valence-corrected chi connectivity index (χ1v) is 13.9. The van der Waals surface area contributed by atoms with E-state index in [9.17, 15) is 5.11 Å². The minimum absolute atomic E-state index is 0.384. The summed E-state index contributed by atoms with van der Waals surface area (Å²) in [6.45, 7) is 32.3. The van der Waals surface area contributed by atoms with Gasteiger partial charge >= 0.3 is 0 Å². The SMILES string of the molecule is C=CCN(CC=C)CC[N+](CC=C)(CCN(CC=C)CCCSCC(C)C)C([O-])CC(C)C. The molecule has 0 saturated heterocycles. The zero-order chi connectivity index (χ0) is 25.1. The van der Waals surface area contributed by atoms with E-state index < -0.39 is 6.23 Å². The van der Waals surface area contributed by atoms with Crippen LogP contribution >= 0.6 is 11.8 Å². The predicted molar refractivity (Wildman–Crippen MR) is 149 cm³/mol. The molecule has 0 aliphatic rings. The van der Waals surface area contributed by atoms with Crippen molar-refractivity contribution in [3.63, 3.8) is 0 Å². The van der Waals surface area contributed by atoms with E-state index in [1.165, 1.54) is 17.9 Å². The molecule has 0 aliphatic heterocycles. The van der Waals surface area contributed by atoms with Crippen molar-refractivity contribution in [1.82, 2.24) is 9.80 Å². The summed E-state index contributed by atoms with van der Waals surface area (Å²) in [6, 6.07) is 0. The van der Waals surface area contributed by atoms with Crippen LogP contribution in [0.4, 0.5) is 0 Å². The summed E-state index contributed by atoms with van der Waals surface area (Å²) in [5.74, 6) is 3.54. The van der Waals surface area contributed by atoms with Crippen molar-refractivity contribution in [2.75, 3.05) is 70.4 Å². The lowest BCUT2D eigenvalue weighted by Crippen LogP contribution is -2.65. The van der Waals surface area contributed by atoms with Crippen LogP contribution in [-0.4, -0.2) is 90.9 Å². The van der Waals surface area contributed by atoms with E-state index in [-0.39, 0.29) is 0 Å². The molecule has 0 spiro atoms. The van der Waals surface area contributed by atoms with Gasteiger partial charge in [-0.05, 0) is 48.8 Å². The van der Waals surface area contributed by atoms with Crippen molar-refractivity contribution in [3.05, 3.63) is 50.6 Å². The van der Waals surface area contributed by atoms with Crippen LogP contribution < -0.4 is 5.11 Å². The molecule has 33 heavy (non-hydrogen) atoms. The van der Waals surface area contributed by atoms with E-state index in [0.29, 0.717) is 23.4 Å². The van der Waals surface area contributed by atoms with E-state index in [2.05, 4.69) is 63.8 Å². The molecule has 0 heterocycles. The Morgan fingerprint density at radius 2 is 1.33 bits per heavy atom. The fourth-order valence-electron chi connectivity index (χ4n) is 4.07. The second-order valence-electron chi connectivity index (χ2n) is 9.97. The van der Waals surface area contributed by atoms with Gasteiger partial charge in [0.05, 0.1) is 19.6 Å². The average Bonchev–Trinajstić information content (AvgIpc) is 2.74. The highest BCUT2D eigenvalue weighted by Crippen LogP contribution is 2.18. The first kappa shape index (κ1) is 32.1. The van der Waals surface area contributed by atoms with Gasteiger partial charge in [-0.15, -0.1) is 19.7 Å². The largest absolute Gasteiger partial charge is 0.806 e. The van der Waals surface area contributed by atoms with Crippen molar-refractivity contribution in [3.8, 4) is 0 Å². The Morgan fingerprint density at radius 1 is 0.788 bits per heavy atom.